The standard InChI is InChI=1S/C14H24N2O2S2/c1-11-5-8-14(19-11)12(2)16-20(17,18)10-4-3-9-15-13-6-7-13/h5,8,12-13,15-16H,3-4,6-7,9-10H2,1-2H3. The van der Waals surface area contributed by atoms with E-state index in [1.165, 1.54) is 17.7 Å². The summed E-state index contributed by atoms with van der Waals surface area (Å²) in [4.78, 5) is 2.28. The van der Waals surface area contributed by atoms with Gasteiger partial charge in [0.2, 0.25) is 10.0 Å². The molecule has 0 saturated heterocycles. The average Bonchev–Trinajstić information content (AvgIpc) is 3.08. The monoisotopic (exact) mass is 316 g/mol. The molecule has 1 saturated carbocycles. The third-order valence-electron chi connectivity index (χ3n) is 3.39. The van der Waals surface area contributed by atoms with E-state index in [9.17, 15) is 8.42 Å². The number of unbranched alkanes of at least 4 members (excludes halogenated alkanes) is 1. The number of rotatable bonds is 9. The highest BCUT2D eigenvalue weighted by Crippen LogP contribution is 2.23. The summed E-state index contributed by atoms with van der Waals surface area (Å²) in [6.45, 7) is 4.86. The molecular weight excluding hydrogens is 292 g/mol. The van der Waals surface area contributed by atoms with Crippen molar-refractivity contribution in [3.05, 3.63) is 21.9 Å². The van der Waals surface area contributed by atoms with Crippen LogP contribution in [-0.4, -0.2) is 26.8 Å². The van der Waals surface area contributed by atoms with Gasteiger partial charge in [-0.3, -0.25) is 0 Å². The molecular formula is C14H24N2O2S2. The molecule has 0 amide bonds. The molecule has 1 aromatic rings. The average molecular weight is 316 g/mol. The largest absolute Gasteiger partial charge is 0.314 e. The van der Waals surface area contributed by atoms with Gasteiger partial charge in [-0.15, -0.1) is 11.3 Å². The van der Waals surface area contributed by atoms with Gasteiger partial charge in [0.1, 0.15) is 0 Å². The van der Waals surface area contributed by atoms with Crippen molar-refractivity contribution >= 4 is 21.4 Å². The van der Waals surface area contributed by atoms with Crippen LogP contribution in [0.3, 0.4) is 0 Å². The Morgan fingerprint density at radius 1 is 1.35 bits per heavy atom. The molecule has 1 atom stereocenters. The van der Waals surface area contributed by atoms with Gasteiger partial charge in [-0.25, -0.2) is 13.1 Å². The second kappa shape index (κ2) is 7.02. The van der Waals surface area contributed by atoms with Crippen molar-refractivity contribution in [1.82, 2.24) is 10.0 Å². The Labute approximate surface area is 126 Å². The Morgan fingerprint density at radius 2 is 2.10 bits per heavy atom. The van der Waals surface area contributed by atoms with E-state index in [4.69, 9.17) is 0 Å². The Bertz CT molecular complexity index is 521. The van der Waals surface area contributed by atoms with Crippen molar-refractivity contribution in [2.24, 2.45) is 0 Å². The van der Waals surface area contributed by atoms with E-state index in [0.29, 0.717) is 12.5 Å². The lowest BCUT2D eigenvalue weighted by Crippen LogP contribution is -2.29. The smallest absolute Gasteiger partial charge is 0.212 e. The van der Waals surface area contributed by atoms with Gasteiger partial charge in [0, 0.05) is 15.8 Å². The van der Waals surface area contributed by atoms with Gasteiger partial charge in [0.25, 0.3) is 0 Å². The van der Waals surface area contributed by atoms with Gasteiger partial charge in [-0.2, -0.15) is 0 Å². The van der Waals surface area contributed by atoms with Crippen LogP contribution in [0.15, 0.2) is 12.1 Å². The molecule has 4 nitrogen and oxygen atoms in total. The zero-order valence-corrected chi connectivity index (χ0v) is 13.8. The summed E-state index contributed by atoms with van der Waals surface area (Å²) in [5.41, 5.74) is 0. The second-order valence-corrected chi connectivity index (χ2v) is 8.74. The van der Waals surface area contributed by atoms with Crippen molar-refractivity contribution in [2.75, 3.05) is 12.3 Å². The second-order valence-electron chi connectivity index (χ2n) is 5.54. The lowest BCUT2D eigenvalue weighted by Gasteiger charge is -2.12. The van der Waals surface area contributed by atoms with E-state index >= 15 is 0 Å². The minimum atomic E-state index is -3.18. The predicted molar refractivity (Wildman–Crippen MR) is 84.7 cm³/mol. The molecule has 0 aliphatic heterocycles. The molecule has 20 heavy (non-hydrogen) atoms. The van der Waals surface area contributed by atoms with Crippen molar-refractivity contribution in [2.45, 2.75) is 51.6 Å². The van der Waals surface area contributed by atoms with Gasteiger partial charge < -0.3 is 5.32 Å². The summed E-state index contributed by atoms with van der Waals surface area (Å²) in [6, 6.07) is 4.58. The van der Waals surface area contributed by atoms with Crippen LogP contribution in [0.4, 0.5) is 0 Å². The number of nitrogens with one attached hydrogen (secondary N) is 2. The fourth-order valence-electron chi connectivity index (χ4n) is 2.08. The molecule has 1 aliphatic rings. The van der Waals surface area contributed by atoms with Crippen LogP contribution >= 0.6 is 11.3 Å². The van der Waals surface area contributed by atoms with Crippen LogP contribution < -0.4 is 10.0 Å². The van der Waals surface area contributed by atoms with Crippen LogP contribution in [0.1, 0.15) is 48.4 Å². The van der Waals surface area contributed by atoms with Gasteiger partial charge in [-0.1, -0.05) is 0 Å². The van der Waals surface area contributed by atoms with Crippen molar-refractivity contribution < 1.29 is 8.42 Å². The normalized spacial score (nSPS) is 17.3. The zero-order valence-electron chi connectivity index (χ0n) is 12.2. The number of sulfonamides is 1. The Balaban J connectivity index is 1.69. The third kappa shape index (κ3) is 5.52. The van der Waals surface area contributed by atoms with Gasteiger partial charge in [0.05, 0.1) is 11.8 Å². The maximum atomic E-state index is 12.0. The lowest BCUT2D eigenvalue weighted by molar-refractivity contribution is 0.561. The molecule has 2 N–H and O–H groups in total. The maximum Gasteiger partial charge on any atom is 0.212 e. The highest BCUT2D eigenvalue weighted by atomic mass is 32.2. The van der Waals surface area contributed by atoms with Gasteiger partial charge in [0.15, 0.2) is 0 Å². The Kier molecular flexibility index (Phi) is 5.60. The maximum absolute atomic E-state index is 12.0. The lowest BCUT2D eigenvalue weighted by atomic mass is 10.3. The summed E-state index contributed by atoms with van der Waals surface area (Å²) in [5.74, 6) is 0.216. The summed E-state index contributed by atoms with van der Waals surface area (Å²) < 4.78 is 26.8. The van der Waals surface area contributed by atoms with E-state index in [0.717, 1.165) is 17.8 Å². The minimum absolute atomic E-state index is 0.136. The van der Waals surface area contributed by atoms with Crippen LogP contribution in [0.5, 0.6) is 0 Å². The van der Waals surface area contributed by atoms with E-state index in [1.807, 2.05) is 26.0 Å². The van der Waals surface area contributed by atoms with Crippen molar-refractivity contribution in [3.8, 4) is 0 Å². The number of hydrogen-bond acceptors (Lipinski definition) is 4. The fraction of sp³-hybridized carbons (Fsp3) is 0.714. The molecule has 114 valence electrons. The molecule has 0 spiro atoms. The summed E-state index contributed by atoms with van der Waals surface area (Å²) >= 11 is 1.64. The molecule has 1 heterocycles. The first-order valence-electron chi connectivity index (χ1n) is 7.26. The molecule has 1 fully saturated rings. The Morgan fingerprint density at radius 3 is 2.70 bits per heavy atom. The van der Waals surface area contributed by atoms with Crippen molar-refractivity contribution in [1.29, 1.82) is 0 Å². The fourth-order valence-corrected chi connectivity index (χ4v) is 4.41. The van der Waals surface area contributed by atoms with Crippen LogP contribution in [0, 0.1) is 6.92 Å². The first-order valence-corrected chi connectivity index (χ1v) is 9.73. The van der Waals surface area contributed by atoms with E-state index in [2.05, 4.69) is 10.0 Å². The van der Waals surface area contributed by atoms with Gasteiger partial charge in [-0.05, 0) is 58.2 Å². The van der Waals surface area contributed by atoms with Crippen LogP contribution in [0.25, 0.3) is 0 Å². The molecule has 0 aromatic carbocycles. The van der Waals surface area contributed by atoms with Gasteiger partial charge >= 0.3 is 0 Å². The highest BCUT2D eigenvalue weighted by molar-refractivity contribution is 7.89. The minimum Gasteiger partial charge on any atom is -0.314 e. The van der Waals surface area contributed by atoms with Crippen LogP contribution in [-0.2, 0) is 10.0 Å². The molecule has 2 rings (SSSR count). The molecule has 0 radical (unpaired) electrons. The quantitative estimate of drug-likeness (QED) is 0.688. The third-order valence-corrected chi connectivity index (χ3v) is 6.12. The first kappa shape index (κ1) is 15.9. The Hall–Kier alpha value is -0.430. The molecule has 1 aromatic heterocycles. The SMILES string of the molecule is Cc1ccc(C(C)NS(=O)(=O)CCCCNC2CC2)s1. The number of hydrogen-bond donors (Lipinski definition) is 2. The number of aryl methyl sites for hydroxylation is 1. The topological polar surface area (TPSA) is 58.2 Å². The molecule has 1 aliphatic carbocycles. The zero-order chi connectivity index (χ0) is 14.6. The molecule has 1 unspecified atom stereocenters. The van der Waals surface area contributed by atoms with E-state index in [-0.39, 0.29) is 11.8 Å². The molecule has 6 heteroatoms. The predicted octanol–water partition coefficient (Wildman–Crippen LogP) is 2.57. The van der Waals surface area contributed by atoms with Crippen LogP contribution in [0.2, 0.25) is 0 Å². The summed E-state index contributed by atoms with van der Waals surface area (Å²) in [5, 5.41) is 3.40. The highest BCUT2D eigenvalue weighted by Gasteiger charge is 2.20. The molecule has 0 bridgehead atoms. The summed E-state index contributed by atoms with van der Waals surface area (Å²) in [7, 11) is -3.18. The van der Waals surface area contributed by atoms with Crippen molar-refractivity contribution in [3.63, 3.8) is 0 Å². The first-order chi connectivity index (χ1) is 9.46. The van der Waals surface area contributed by atoms with E-state index in [1.54, 1.807) is 11.3 Å². The number of thiophene rings is 1. The van der Waals surface area contributed by atoms with E-state index < -0.39 is 10.0 Å². The summed E-state index contributed by atoms with van der Waals surface area (Å²) in [6.07, 6.45) is 4.18.